The number of nitrogens with zero attached hydrogens (tertiary/aromatic N) is 1. The third-order valence-electron chi connectivity index (χ3n) is 3.59. The number of rotatable bonds is 3. The van der Waals surface area contributed by atoms with Gasteiger partial charge in [-0.3, -0.25) is 9.69 Å². The number of carbonyl (C=O) groups excluding carboxylic acids is 1. The summed E-state index contributed by atoms with van der Waals surface area (Å²) >= 11 is 7.33. The standard InChI is InChI=1S/C15H12ClNO3S/c16-9-3-5-10(6-4-9)17-13(18)8-11(14(17)15(19)20)12-2-1-7-21-12/h1-7,11,14H,8H2,(H,19,20). The fourth-order valence-electron chi connectivity index (χ4n) is 2.68. The van der Waals surface area contributed by atoms with Gasteiger partial charge in [-0.05, 0) is 35.7 Å². The van der Waals surface area contributed by atoms with E-state index in [2.05, 4.69) is 0 Å². The zero-order valence-corrected chi connectivity index (χ0v) is 12.5. The predicted molar refractivity (Wildman–Crippen MR) is 82.0 cm³/mol. The third kappa shape index (κ3) is 2.54. The van der Waals surface area contributed by atoms with Crippen LogP contribution in [0.3, 0.4) is 0 Å². The van der Waals surface area contributed by atoms with Crippen LogP contribution >= 0.6 is 22.9 Å². The maximum atomic E-state index is 12.3. The van der Waals surface area contributed by atoms with Crippen molar-refractivity contribution in [3.8, 4) is 0 Å². The summed E-state index contributed by atoms with van der Waals surface area (Å²) in [6, 6.07) is 9.53. The molecule has 1 aromatic heterocycles. The van der Waals surface area contributed by atoms with E-state index in [0.29, 0.717) is 10.7 Å². The van der Waals surface area contributed by atoms with E-state index in [1.54, 1.807) is 24.3 Å². The van der Waals surface area contributed by atoms with Gasteiger partial charge in [-0.1, -0.05) is 17.7 Å². The summed E-state index contributed by atoms with van der Waals surface area (Å²) < 4.78 is 0. The lowest BCUT2D eigenvalue weighted by Gasteiger charge is -2.24. The minimum atomic E-state index is -0.991. The van der Waals surface area contributed by atoms with Crippen LogP contribution in [0.2, 0.25) is 5.02 Å². The summed E-state index contributed by atoms with van der Waals surface area (Å²) in [5, 5.41) is 12.0. The van der Waals surface area contributed by atoms with Gasteiger partial charge < -0.3 is 5.11 Å². The van der Waals surface area contributed by atoms with Crippen LogP contribution in [0.4, 0.5) is 5.69 Å². The molecule has 6 heteroatoms. The first kappa shape index (κ1) is 14.1. The van der Waals surface area contributed by atoms with Crippen molar-refractivity contribution in [2.75, 3.05) is 4.90 Å². The smallest absolute Gasteiger partial charge is 0.327 e. The van der Waals surface area contributed by atoms with Crippen LogP contribution in [0, 0.1) is 0 Å². The molecule has 21 heavy (non-hydrogen) atoms. The first-order valence-electron chi connectivity index (χ1n) is 6.42. The highest BCUT2D eigenvalue weighted by molar-refractivity contribution is 7.10. The molecule has 1 aliphatic heterocycles. The highest BCUT2D eigenvalue weighted by Gasteiger charge is 2.46. The minimum absolute atomic E-state index is 0.178. The van der Waals surface area contributed by atoms with E-state index in [4.69, 9.17) is 11.6 Å². The summed E-state index contributed by atoms with van der Waals surface area (Å²) in [7, 11) is 0. The molecular weight excluding hydrogens is 310 g/mol. The molecule has 2 unspecified atom stereocenters. The Bertz CT molecular complexity index is 669. The SMILES string of the molecule is O=C(O)C1C(c2cccs2)CC(=O)N1c1ccc(Cl)cc1. The van der Waals surface area contributed by atoms with Crippen molar-refractivity contribution in [2.24, 2.45) is 0 Å². The number of hydrogen-bond acceptors (Lipinski definition) is 3. The van der Waals surface area contributed by atoms with E-state index in [1.807, 2.05) is 17.5 Å². The Balaban J connectivity index is 2.01. The number of carboxylic acid groups (broad SMARTS) is 1. The second kappa shape index (κ2) is 5.50. The van der Waals surface area contributed by atoms with E-state index in [0.717, 1.165) is 4.88 Å². The maximum absolute atomic E-state index is 12.3. The van der Waals surface area contributed by atoms with Gasteiger partial charge in [-0.25, -0.2) is 4.79 Å². The van der Waals surface area contributed by atoms with E-state index < -0.39 is 12.0 Å². The molecule has 1 saturated heterocycles. The van der Waals surface area contributed by atoms with Crippen LogP contribution in [-0.2, 0) is 9.59 Å². The van der Waals surface area contributed by atoms with Gasteiger partial charge in [0, 0.05) is 27.9 Å². The summed E-state index contributed by atoms with van der Waals surface area (Å²) in [6.07, 6.45) is 0.208. The van der Waals surface area contributed by atoms with Gasteiger partial charge in [0.1, 0.15) is 6.04 Å². The molecule has 108 valence electrons. The third-order valence-corrected chi connectivity index (χ3v) is 4.85. The number of halogens is 1. The average molecular weight is 322 g/mol. The van der Waals surface area contributed by atoms with Crippen LogP contribution in [0.15, 0.2) is 41.8 Å². The van der Waals surface area contributed by atoms with Gasteiger partial charge in [-0.2, -0.15) is 0 Å². The molecule has 2 atom stereocenters. The van der Waals surface area contributed by atoms with Crippen molar-refractivity contribution >= 4 is 40.5 Å². The first-order chi connectivity index (χ1) is 10.1. The van der Waals surface area contributed by atoms with Crippen LogP contribution in [0.1, 0.15) is 17.2 Å². The maximum Gasteiger partial charge on any atom is 0.327 e. The van der Waals surface area contributed by atoms with Crippen LogP contribution < -0.4 is 4.90 Å². The molecule has 1 fully saturated rings. The van der Waals surface area contributed by atoms with Gasteiger partial charge in [0.2, 0.25) is 5.91 Å². The van der Waals surface area contributed by atoms with Crippen molar-refractivity contribution in [3.05, 3.63) is 51.7 Å². The summed E-state index contributed by atoms with van der Waals surface area (Å²) in [5.41, 5.74) is 0.566. The normalized spacial score (nSPS) is 21.8. The fraction of sp³-hybridized carbons (Fsp3) is 0.200. The van der Waals surface area contributed by atoms with Gasteiger partial charge >= 0.3 is 5.97 Å². The second-order valence-electron chi connectivity index (χ2n) is 4.85. The fourth-order valence-corrected chi connectivity index (χ4v) is 3.66. The Morgan fingerprint density at radius 1 is 1.29 bits per heavy atom. The summed E-state index contributed by atoms with van der Waals surface area (Å²) in [6.45, 7) is 0. The van der Waals surface area contributed by atoms with Crippen molar-refractivity contribution < 1.29 is 14.7 Å². The lowest BCUT2D eigenvalue weighted by Crippen LogP contribution is -2.40. The molecule has 1 N–H and O–H groups in total. The Kier molecular flexibility index (Phi) is 3.69. The molecule has 0 saturated carbocycles. The van der Waals surface area contributed by atoms with Crippen molar-refractivity contribution in [3.63, 3.8) is 0 Å². The van der Waals surface area contributed by atoms with Crippen LogP contribution in [-0.4, -0.2) is 23.0 Å². The number of hydrogen-bond donors (Lipinski definition) is 1. The molecule has 1 aromatic carbocycles. The Morgan fingerprint density at radius 3 is 2.57 bits per heavy atom. The number of benzene rings is 1. The van der Waals surface area contributed by atoms with Crippen molar-refractivity contribution in [1.82, 2.24) is 0 Å². The number of anilines is 1. The molecule has 3 rings (SSSR count). The monoisotopic (exact) mass is 321 g/mol. The molecule has 1 amide bonds. The Labute approximate surface area is 130 Å². The van der Waals surface area contributed by atoms with Crippen LogP contribution in [0.5, 0.6) is 0 Å². The molecule has 0 spiro atoms. The molecule has 4 nitrogen and oxygen atoms in total. The van der Waals surface area contributed by atoms with Gasteiger partial charge in [0.25, 0.3) is 0 Å². The topological polar surface area (TPSA) is 57.6 Å². The van der Waals surface area contributed by atoms with Gasteiger partial charge in [0.05, 0.1) is 0 Å². The van der Waals surface area contributed by atoms with E-state index in [1.165, 1.54) is 16.2 Å². The minimum Gasteiger partial charge on any atom is -0.480 e. The van der Waals surface area contributed by atoms with Gasteiger partial charge in [-0.15, -0.1) is 11.3 Å². The van der Waals surface area contributed by atoms with Crippen molar-refractivity contribution in [1.29, 1.82) is 0 Å². The Morgan fingerprint density at radius 2 is 2.00 bits per heavy atom. The number of aliphatic carboxylic acids is 1. The van der Waals surface area contributed by atoms with Crippen molar-refractivity contribution in [2.45, 2.75) is 18.4 Å². The second-order valence-corrected chi connectivity index (χ2v) is 6.26. The van der Waals surface area contributed by atoms with E-state index in [-0.39, 0.29) is 18.2 Å². The molecule has 2 heterocycles. The highest BCUT2D eigenvalue weighted by Crippen LogP contribution is 2.39. The average Bonchev–Trinajstić information content (AvgIpc) is 3.06. The molecule has 0 aliphatic carbocycles. The first-order valence-corrected chi connectivity index (χ1v) is 7.67. The van der Waals surface area contributed by atoms with E-state index >= 15 is 0 Å². The molecule has 2 aromatic rings. The highest BCUT2D eigenvalue weighted by atomic mass is 35.5. The summed E-state index contributed by atoms with van der Waals surface area (Å²) in [5.74, 6) is -1.48. The van der Waals surface area contributed by atoms with E-state index in [9.17, 15) is 14.7 Å². The summed E-state index contributed by atoms with van der Waals surface area (Å²) in [4.78, 5) is 26.3. The van der Waals surface area contributed by atoms with Gasteiger partial charge in [0.15, 0.2) is 0 Å². The number of amides is 1. The molecule has 1 aliphatic rings. The zero-order chi connectivity index (χ0) is 15.0. The number of carboxylic acids is 1. The predicted octanol–water partition coefficient (Wildman–Crippen LogP) is 3.38. The lowest BCUT2D eigenvalue weighted by molar-refractivity contribution is -0.139. The van der Waals surface area contributed by atoms with Crippen LogP contribution in [0.25, 0.3) is 0 Å². The quantitative estimate of drug-likeness (QED) is 0.943. The number of carbonyl (C=O) groups is 2. The molecular formula is C15H12ClNO3S. The largest absolute Gasteiger partial charge is 0.480 e. The zero-order valence-electron chi connectivity index (χ0n) is 10.9. The lowest BCUT2D eigenvalue weighted by atomic mass is 9.98. The molecule has 0 bridgehead atoms. The Hall–Kier alpha value is -1.85. The number of thiophene rings is 1. The molecule has 0 radical (unpaired) electrons.